The van der Waals surface area contributed by atoms with Gasteiger partial charge in [0.25, 0.3) is 5.91 Å². The SMILES string of the molecule is CCNC(=O)CN(CC)C(=O)c1ccc(Cl)c(Cl)c1. The standard InChI is InChI=1S/C13H16Cl2N2O2/c1-3-16-12(18)8-17(4-2)13(19)9-5-6-10(14)11(15)7-9/h5-7H,3-4,8H2,1-2H3,(H,16,18). The van der Waals surface area contributed by atoms with E-state index >= 15 is 0 Å². The van der Waals surface area contributed by atoms with Gasteiger partial charge < -0.3 is 10.2 Å². The van der Waals surface area contributed by atoms with E-state index in [-0.39, 0.29) is 18.4 Å². The Hall–Kier alpha value is -1.26. The molecule has 0 heterocycles. The second-order valence-electron chi connectivity index (χ2n) is 3.90. The first-order chi connectivity index (χ1) is 8.99. The molecule has 1 aromatic rings. The minimum Gasteiger partial charge on any atom is -0.355 e. The van der Waals surface area contributed by atoms with Gasteiger partial charge in [-0.1, -0.05) is 23.2 Å². The lowest BCUT2D eigenvalue weighted by Crippen LogP contribution is -2.40. The van der Waals surface area contributed by atoms with Crippen LogP contribution in [0.25, 0.3) is 0 Å². The third-order valence-electron chi connectivity index (χ3n) is 2.54. The summed E-state index contributed by atoms with van der Waals surface area (Å²) in [6.45, 7) is 4.65. The summed E-state index contributed by atoms with van der Waals surface area (Å²) < 4.78 is 0. The maximum Gasteiger partial charge on any atom is 0.254 e. The van der Waals surface area contributed by atoms with E-state index in [0.717, 1.165) is 0 Å². The number of amides is 2. The first-order valence-electron chi connectivity index (χ1n) is 6.00. The van der Waals surface area contributed by atoms with Crippen LogP contribution in [0.1, 0.15) is 24.2 Å². The van der Waals surface area contributed by atoms with Crippen molar-refractivity contribution in [3.05, 3.63) is 33.8 Å². The van der Waals surface area contributed by atoms with Crippen molar-refractivity contribution in [2.24, 2.45) is 0 Å². The maximum atomic E-state index is 12.2. The van der Waals surface area contributed by atoms with Gasteiger partial charge in [0.2, 0.25) is 5.91 Å². The number of carbonyl (C=O) groups excluding carboxylic acids is 2. The third kappa shape index (κ3) is 4.40. The molecule has 19 heavy (non-hydrogen) atoms. The lowest BCUT2D eigenvalue weighted by molar-refractivity contribution is -0.121. The van der Waals surface area contributed by atoms with Gasteiger partial charge in [0.05, 0.1) is 16.6 Å². The number of nitrogens with one attached hydrogen (secondary N) is 1. The molecule has 0 radical (unpaired) electrons. The quantitative estimate of drug-likeness (QED) is 0.909. The van der Waals surface area contributed by atoms with Crippen LogP contribution in [0, 0.1) is 0 Å². The Bertz CT molecular complexity index is 478. The van der Waals surface area contributed by atoms with Crippen LogP contribution in [0.5, 0.6) is 0 Å². The number of hydrogen-bond donors (Lipinski definition) is 1. The predicted molar refractivity (Wildman–Crippen MR) is 76.7 cm³/mol. The lowest BCUT2D eigenvalue weighted by Gasteiger charge is -2.20. The second kappa shape index (κ2) is 7.36. The van der Waals surface area contributed by atoms with E-state index in [1.807, 2.05) is 13.8 Å². The molecule has 1 aromatic carbocycles. The molecule has 0 unspecified atom stereocenters. The van der Waals surface area contributed by atoms with Crippen molar-refractivity contribution in [1.82, 2.24) is 10.2 Å². The molecule has 0 aliphatic heterocycles. The van der Waals surface area contributed by atoms with Crippen LogP contribution >= 0.6 is 23.2 Å². The molecule has 0 spiro atoms. The first kappa shape index (κ1) is 15.8. The highest BCUT2D eigenvalue weighted by atomic mass is 35.5. The fourth-order valence-corrected chi connectivity index (χ4v) is 1.86. The molecule has 104 valence electrons. The van der Waals surface area contributed by atoms with E-state index in [1.165, 1.54) is 11.0 Å². The predicted octanol–water partition coefficient (Wildman–Crippen LogP) is 2.59. The van der Waals surface area contributed by atoms with Crippen LogP contribution in [0.2, 0.25) is 10.0 Å². The molecular formula is C13H16Cl2N2O2. The molecule has 0 fully saturated rings. The van der Waals surface area contributed by atoms with Crippen LogP contribution in [-0.2, 0) is 4.79 Å². The Balaban J connectivity index is 2.83. The number of rotatable bonds is 5. The highest BCUT2D eigenvalue weighted by Crippen LogP contribution is 2.23. The van der Waals surface area contributed by atoms with Gasteiger partial charge >= 0.3 is 0 Å². The number of hydrogen-bond acceptors (Lipinski definition) is 2. The Kier molecular flexibility index (Phi) is 6.12. The van der Waals surface area contributed by atoms with Gasteiger partial charge in [0.15, 0.2) is 0 Å². The number of benzene rings is 1. The number of halogens is 2. The van der Waals surface area contributed by atoms with Crippen molar-refractivity contribution in [2.75, 3.05) is 19.6 Å². The molecule has 0 aromatic heterocycles. The zero-order chi connectivity index (χ0) is 14.4. The number of carbonyl (C=O) groups is 2. The van der Waals surface area contributed by atoms with Crippen LogP contribution < -0.4 is 5.32 Å². The van der Waals surface area contributed by atoms with Crippen LogP contribution in [-0.4, -0.2) is 36.3 Å². The van der Waals surface area contributed by atoms with E-state index in [2.05, 4.69) is 5.32 Å². The summed E-state index contributed by atoms with van der Waals surface area (Å²) in [5.74, 6) is -0.426. The van der Waals surface area contributed by atoms with Crippen LogP contribution in [0.3, 0.4) is 0 Å². The minimum atomic E-state index is -0.243. The summed E-state index contributed by atoms with van der Waals surface area (Å²) in [6.07, 6.45) is 0. The molecule has 0 bridgehead atoms. The summed E-state index contributed by atoms with van der Waals surface area (Å²) in [4.78, 5) is 25.2. The number of nitrogens with zero attached hydrogens (tertiary/aromatic N) is 1. The maximum absolute atomic E-state index is 12.2. The molecule has 0 aliphatic rings. The van der Waals surface area contributed by atoms with Gasteiger partial charge in [0.1, 0.15) is 0 Å². The Labute approximate surface area is 122 Å². The third-order valence-corrected chi connectivity index (χ3v) is 3.28. The average molecular weight is 303 g/mol. The fourth-order valence-electron chi connectivity index (χ4n) is 1.57. The van der Waals surface area contributed by atoms with Gasteiger partial charge in [0, 0.05) is 18.7 Å². The van der Waals surface area contributed by atoms with Gasteiger partial charge in [-0.25, -0.2) is 0 Å². The Morgan fingerprint density at radius 2 is 1.89 bits per heavy atom. The van der Waals surface area contributed by atoms with Crippen molar-refractivity contribution in [2.45, 2.75) is 13.8 Å². The summed E-state index contributed by atoms with van der Waals surface area (Å²) in [5.41, 5.74) is 0.417. The average Bonchev–Trinajstić information content (AvgIpc) is 2.38. The smallest absolute Gasteiger partial charge is 0.254 e. The lowest BCUT2D eigenvalue weighted by atomic mass is 10.2. The van der Waals surface area contributed by atoms with Crippen LogP contribution in [0.4, 0.5) is 0 Å². The van der Waals surface area contributed by atoms with Gasteiger partial charge in [-0.3, -0.25) is 9.59 Å². The summed E-state index contributed by atoms with van der Waals surface area (Å²) in [5, 5.41) is 3.37. The summed E-state index contributed by atoms with van der Waals surface area (Å²) in [6, 6.07) is 4.67. The Morgan fingerprint density at radius 3 is 2.42 bits per heavy atom. The molecule has 1 N–H and O–H groups in total. The molecule has 1 rings (SSSR count). The van der Waals surface area contributed by atoms with Crippen molar-refractivity contribution in [3.63, 3.8) is 0 Å². The van der Waals surface area contributed by atoms with E-state index in [4.69, 9.17) is 23.2 Å². The van der Waals surface area contributed by atoms with Gasteiger partial charge in [-0.15, -0.1) is 0 Å². The Morgan fingerprint density at radius 1 is 1.21 bits per heavy atom. The molecule has 2 amide bonds. The van der Waals surface area contributed by atoms with E-state index in [0.29, 0.717) is 28.7 Å². The minimum absolute atomic E-state index is 0.0312. The molecular weight excluding hydrogens is 287 g/mol. The largest absolute Gasteiger partial charge is 0.355 e. The van der Waals surface area contributed by atoms with E-state index < -0.39 is 0 Å². The second-order valence-corrected chi connectivity index (χ2v) is 4.72. The molecule has 6 heteroatoms. The molecule has 4 nitrogen and oxygen atoms in total. The summed E-state index contributed by atoms with van der Waals surface area (Å²) in [7, 11) is 0. The normalized spacial score (nSPS) is 10.1. The zero-order valence-electron chi connectivity index (χ0n) is 10.9. The highest BCUT2D eigenvalue weighted by molar-refractivity contribution is 6.42. The van der Waals surface area contributed by atoms with Gasteiger partial charge in [-0.05, 0) is 32.0 Å². The van der Waals surface area contributed by atoms with Crippen molar-refractivity contribution in [3.8, 4) is 0 Å². The summed E-state index contributed by atoms with van der Waals surface area (Å²) >= 11 is 11.7. The molecule has 0 atom stereocenters. The fraction of sp³-hybridized carbons (Fsp3) is 0.385. The topological polar surface area (TPSA) is 49.4 Å². The number of likely N-dealkylation sites (N-methyl/N-ethyl adjacent to an activating group) is 2. The first-order valence-corrected chi connectivity index (χ1v) is 6.76. The van der Waals surface area contributed by atoms with Gasteiger partial charge in [-0.2, -0.15) is 0 Å². The van der Waals surface area contributed by atoms with Crippen molar-refractivity contribution < 1.29 is 9.59 Å². The van der Waals surface area contributed by atoms with Crippen molar-refractivity contribution in [1.29, 1.82) is 0 Å². The monoisotopic (exact) mass is 302 g/mol. The van der Waals surface area contributed by atoms with E-state index in [1.54, 1.807) is 12.1 Å². The van der Waals surface area contributed by atoms with Crippen LogP contribution in [0.15, 0.2) is 18.2 Å². The zero-order valence-corrected chi connectivity index (χ0v) is 12.4. The van der Waals surface area contributed by atoms with Crippen molar-refractivity contribution >= 4 is 35.0 Å². The molecule has 0 saturated heterocycles. The molecule has 0 saturated carbocycles. The van der Waals surface area contributed by atoms with E-state index in [9.17, 15) is 9.59 Å². The highest BCUT2D eigenvalue weighted by Gasteiger charge is 2.17. The molecule has 0 aliphatic carbocycles.